The molecule has 5 rings (SSSR count). The zero-order chi connectivity index (χ0) is 28.1. The molecule has 4 aromatic rings. The molecule has 204 valence electrons. The number of benzene rings is 3. The van der Waals surface area contributed by atoms with Gasteiger partial charge in [0.15, 0.2) is 5.78 Å². The van der Waals surface area contributed by atoms with Crippen LogP contribution in [0.15, 0.2) is 102 Å². The van der Waals surface area contributed by atoms with Gasteiger partial charge in [-0.1, -0.05) is 97.4 Å². The third-order valence-corrected chi connectivity index (χ3v) is 8.57. The lowest BCUT2D eigenvalue weighted by Crippen LogP contribution is -2.49. The highest BCUT2D eigenvalue weighted by atomic mass is 35.5. The molecule has 1 aliphatic heterocycles. The molecule has 0 bridgehead atoms. The SMILES string of the molecule is CCCNC(=O)C1C(c2ccc(Cl)cc2)C(C(=O)c2cccs2)C(c2ccccc2)N1C(=O)Cc1ccccc1. The van der Waals surface area contributed by atoms with Gasteiger partial charge in [0.05, 0.1) is 23.3 Å². The van der Waals surface area contributed by atoms with E-state index in [9.17, 15) is 14.4 Å². The molecule has 1 aromatic heterocycles. The number of ketones is 1. The first-order valence-corrected chi connectivity index (χ1v) is 14.8. The Morgan fingerprint density at radius 2 is 1.52 bits per heavy atom. The third kappa shape index (κ3) is 5.74. The summed E-state index contributed by atoms with van der Waals surface area (Å²) in [5.74, 6) is -1.79. The molecule has 4 unspecified atom stereocenters. The number of likely N-dealkylation sites (tertiary alicyclic amines) is 1. The Balaban J connectivity index is 1.72. The monoisotopic (exact) mass is 570 g/mol. The number of nitrogens with one attached hydrogen (secondary N) is 1. The van der Waals surface area contributed by atoms with Crippen molar-refractivity contribution in [1.82, 2.24) is 10.2 Å². The zero-order valence-electron chi connectivity index (χ0n) is 22.2. The zero-order valence-corrected chi connectivity index (χ0v) is 23.8. The van der Waals surface area contributed by atoms with Crippen LogP contribution in [0.2, 0.25) is 5.02 Å². The number of Topliss-reactive ketones (excluding diaryl/α,β-unsaturated/α-hetero) is 1. The highest BCUT2D eigenvalue weighted by Crippen LogP contribution is 2.51. The van der Waals surface area contributed by atoms with E-state index in [1.807, 2.05) is 97.2 Å². The van der Waals surface area contributed by atoms with Gasteiger partial charge in [-0.2, -0.15) is 0 Å². The molecule has 1 N–H and O–H groups in total. The minimum atomic E-state index is -0.886. The van der Waals surface area contributed by atoms with E-state index < -0.39 is 23.9 Å². The van der Waals surface area contributed by atoms with Gasteiger partial charge in [-0.3, -0.25) is 14.4 Å². The fourth-order valence-electron chi connectivity index (χ4n) is 5.71. The number of hydrogen-bond acceptors (Lipinski definition) is 4. The Bertz CT molecular complexity index is 1440. The maximum atomic E-state index is 14.4. The first kappa shape index (κ1) is 27.8. The predicted molar refractivity (Wildman–Crippen MR) is 160 cm³/mol. The lowest BCUT2D eigenvalue weighted by atomic mass is 9.77. The van der Waals surface area contributed by atoms with E-state index in [4.69, 9.17) is 11.6 Å². The molecule has 0 saturated carbocycles. The van der Waals surface area contributed by atoms with E-state index in [0.29, 0.717) is 16.4 Å². The van der Waals surface area contributed by atoms with Crippen LogP contribution < -0.4 is 5.32 Å². The molecule has 0 aliphatic carbocycles. The van der Waals surface area contributed by atoms with Crippen molar-refractivity contribution in [3.63, 3.8) is 0 Å². The molecule has 0 spiro atoms. The van der Waals surface area contributed by atoms with Crippen LogP contribution in [0.1, 0.15) is 51.7 Å². The molecular weight excluding hydrogens is 540 g/mol. The maximum Gasteiger partial charge on any atom is 0.243 e. The summed E-state index contributed by atoms with van der Waals surface area (Å²) in [7, 11) is 0. The Labute approximate surface area is 243 Å². The summed E-state index contributed by atoms with van der Waals surface area (Å²) in [5.41, 5.74) is 2.47. The molecular formula is C33H31ClN2O3S. The van der Waals surface area contributed by atoms with Gasteiger partial charge >= 0.3 is 0 Å². The Hall–Kier alpha value is -3.74. The predicted octanol–water partition coefficient (Wildman–Crippen LogP) is 6.71. The molecule has 1 fully saturated rings. The molecule has 4 atom stereocenters. The molecule has 0 radical (unpaired) electrons. The smallest absolute Gasteiger partial charge is 0.243 e. The fraction of sp³-hybridized carbons (Fsp3) is 0.242. The van der Waals surface area contributed by atoms with Crippen LogP contribution >= 0.6 is 22.9 Å². The van der Waals surface area contributed by atoms with E-state index in [0.717, 1.165) is 23.1 Å². The first-order valence-electron chi connectivity index (χ1n) is 13.5. The molecule has 1 aliphatic rings. The molecule has 7 heteroatoms. The van der Waals surface area contributed by atoms with Crippen molar-refractivity contribution in [2.45, 2.75) is 37.8 Å². The van der Waals surface area contributed by atoms with Crippen LogP contribution in [0.25, 0.3) is 0 Å². The highest BCUT2D eigenvalue weighted by Gasteiger charge is 2.57. The molecule has 2 heterocycles. The second-order valence-corrected chi connectivity index (χ2v) is 11.4. The van der Waals surface area contributed by atoms with Crippen molar-refractivity contribution in [2.75, 3.05) is 6.54 Å². The van der Waals surface area contributed by atoms with Gasteiger partial charge in [0.2, 0.25) is 11.8 Å². The Morgan fingerprint density at radius 1 is 0.850 bits per heavy atom. The van der Waals surface area contributed by atoms with Crippen molar-refractivity contribution < 1.29 is 14.4 Å². The van der Waals surface area contributed by atoms with Gasteiger partial charge < -0.3 is 10.2 Å². The van der Waals surface area contributed by atoms with Crippen LogP contribution in [0.3, 0.4) is 0 Å². The minimum Gasteiger partial charge on any atom is -0.354 e. The van der Waals surface area contributed by atoms with Crippen LogP contribution in [0.5, 0.6) is 0 Å². The van der Waals surface area contributed by atoms with Crippen molar-refractivity contribution in [3.8, 4) is 0 Å². The van der Waals surface area contributed by atoms with Crippen LogP contribution in [0.4, 0.5) is 0 Å². The number of thiophene rings is 1. The first-order chi connectivity index (χ1) is 19.5. The van der Waals surface area contributed by atoms with Crippen molar-refractivity contribution in [3.05, 3.63) is 129 Å². The summed E-state index contributed by atoms with van der Waals surface area (Å²) in [5, 5.41) is 5.47. The van der Waals surface area contributed by atoms with Gasteiger partial charge in [0, 0.05) is 17.5 Å². The number of halogens is 1. The maximum absolute atomic E-state index is 14.4. The van der Waals surface area contributed by atoms with Crippen LogP contribution in [-0.2, 0) is 16.0 Å². The van der Waals surface area contributed by atoms with Gasteiger partial charge in [0.25, 0.3) is 0 Å². The lowest BCUT2D eigenvalue weighted by molar-refractivity contribution is -0.140. The van der Waals surface area contributed by atoms with Gasteiger partial charge in [-0.25, -0.2) is 0 Å². The van der Waals surface area contributed by atoms with Crippen molar-refractivity contribution >= 4 is 40.5 Å². The molecule has 1 saturated heterocycles. The minimum absolute atomic E-state index is 0.0768. The van der Waals surface area contributed by atoms with E-state index in [2.05, 4.69) is 5.32 Å². The van der Waals surface area contributed by atoms with Crippen LogP contribution in [-0.4, -0.2) is 35.1 Å². The summed E-state index contributed by atoms with van der Waals surface area (Å²) >= 11 is 7.63. The summed E-state index contributed by atoms with van der Waals surface area (Å²) in [6.45, 7) is 2.46. The third-order valence-electron chi connectivity index (χ3n) is 7.43. The van der Waals surface area contributed by atoms with E-state index in [1.54, 1.807) is 17.0 Å². The van der Waals surface area contributed by atoms with E-state index in [1.165, 1.54) is 11.3 Å². The number of rotatable bonds is 9. The standard InChI is InChI=1S/C33H31ClN2O3S/c1-2-19-35-33(39)31-28(23-15-17-25(34)18-16-23)29(32(38)26-14-9-20-40-26)30(24-12-7-4-8-13-24)36(31)27(37)21-22-10-5-3-6-11-22/h3-18,20,28-31H,2,19,21H2,1H3,(H,35,39). The second-order valence-electron chi connectivity index (χ2n) is 10.00. The average Bonchev–Trinajstić information content (AvgIpc) is 3.64. The number of amides is 2. The molecule has 5 nitrogen and oxygen atoms in total. The number of carbonyl (C=O) groups is 3. The topological polar surface area (TPSA) is 66.5 Å². The highest BCUT2D eigenvalue weighted by molar-refractivity contribution is 7.12. The molecule has 2 amide bonds. The van der Waals surface area contributed by atoms with E-state index >= 15 is 0 Å². The average molecular weight is 571 g/mol. The number of nitrogens with zero attached hydrogens (tertiary/aromatic N) is 1. The van der Waals surface area contributed by atoms with Crippen molar-refractivity contribution in [2.24, 2.45) is 5.92 Å². The van der Waals surface area contributed by atoms with Gasteiger partial charge in [0.1, 0.15) is 6.04 Å². The summed E-state index contributed by atoms with van der Waals surface area (Å²) < 4.78 is 0. The summed E-state index contributed by atoms with van der Waals surface area (Å²) in [6.07, 6.45) is 0.872. The quantitative estimate of drug-likeness (QED) is 0.228. The number of hydrogen-bond donors (Lipinski definition) is 1. The largest absolute Gasteiger partial charge is 0.354 e. The summed E-state index contributed by atoms with van der Waals surface area (Å²) in [4.78, 5) is 45.0. The van der Waals surface area contributed by atoms with Crippen molar-refractivity contribution in [1.29, 1.82) is 0 Å². The number of carbonyl (C=O) groups excluding carboxylic acids is 3. The summed E-state index contributed by atoms with van der Waals surface area (Å²) in [6, 6.07) is 28.5. The van der Waals surface area contributed by atoms with Crippen LogP contribution in [0, 0.1) is 5.92 Å². The van der Waals surface area contributed by atoms with E-state index in [-0.39, 0.29) is 24.0 Å². The second kappa shape index (κ2) is 12.6. The normalized spacial score (nSPS) is 20.3. The fourth-order valence-corrected chi connectivity index (χ4v) is 6.55. The molecule has 40 heavy (non-hydrogen) atoms. The van der Waals surface area contributed by atoms with Gasteiger partial charge in [-0.05, 0) is 46.7 Å². The Kier molecular flexibility index (Phi) is 8.78. The van der Waals surface area contributed by atoms with Gasteiger partial charge in [-0.15, -0.1) is 11.3 Å². The Morgan fingerprint density at radius 3 is 2.15 bits per heavy atom. The lowest BCUT2D eigenvalue weighted by Gasteiger charge is -2.32. The molecule has 3 aromatic carbocycles.